The molecule has 0 amide bonds. The number of ether oxygens (including phenoxy) is 2. The lowest BCUT2D eigenvalue weighted by Crippen LogP contribution is -2.17. The Morgan fingerprint density at radius 2 is 1.65 bits per heavy atom. The SMILES string of the molecule is Cc1ccc(S(=O)(=O)Nc2cc3c(cc2Cl)OCCO3)c(Cl)c1. The van der Waals surface area contributed by atoms with Gasteiger partial charge in [0.05, 0.1) is 15.7 Å². The molecule has 8 heteroatoms. The zero-order chi connectivity index (χ0) is 16.6. The van der Waals surface area contributed by atoms with Crippen LogP contribution in [0.5, 0.6) is 11.5 Å². The second kappa shape index (κ2) is 6.11. The number of halogens is 2. The van der Waals surface area contributed by atoms with E-state index in [-0.39, 0.29) is 20.6 Å². The minimum Gasteiger partial charge on any atom is -0.486 e. The maximum absolute atomic E-state index is 12.5. The lowest BCUT2D eigenvalue weighted by molar-refractivity contribution is 0.171. The highest BCUT2D eigenvalue weighted by Crippen LogP contribution is 2.39. The van der Waals surface area contributed by atoms with Crippen molar-refractivity contribution in [2.75, 3.05) is 17.9 Å². The minimum atomic E-state index is -3.87. The molecule has 0 bridgehead atoms. The summed E-state index contributed by atoms with van der Waals surface area (Å²) in [5.41, 5.74) is 1.07. The van der Waals surface area contributed by atoms with Crippen molar-refractivity contribution in [3.8, 4) is 11.5 Å². The molecule has 1 aliphatic rings. The van der Waals surface area contributed by atoms with Crippen LogP contribution in [0.1, 0.15) is 5.56 Å². The summed E-state index contributed by atoms with van der Waals surface area (Å²) >= 11 is 12.2. The number of hydrogen-bond donors (Lipinski definition) is 1. The normalized spacial score (nSPS) is 13.7. The first-order valence-electron chi connectivity index (χ1n) is 6.75. The Labute approximate surface area is 144 Å². The van der Waals surface area contributed by atoms with E-state index in [4.69, 9.17) is 32.7 Å². The number of sulfonamides is 1. The van der Waals surface area contributed by atoms with Gasteiger partial charge in [-0.05, 0) is 24.6 Å². The Morgan fingerprint density at radius 3 is 2.30 bits per heavy atom. The highest BCUT2D eigenvalue weighted by atomic mass is 35.5. The summed E-state index contributed by atoms with van der Waals surface area (Å²) in [7, 11) is -3.87. The molecule has 0 saturated heterocycles. The predicted octanol–water partition coefficient (Wildman–Crippen LogP) is 3.87. The molecule has 0 radical (unpaired) electrons. The number of anilines is 1. The Bertz CT molecular complexity index is 868. The van der Waals surface area contributed by atoms with Gasteiger partial charge in [-0.2, -0.15) is 0 Å². The van der Waals surface area contributed by atoms with Crippen molar-refractivity contribution >= 4 is 38.9 Å². The molecule has 0 saturated carbocycles. The molecule has 23 heavy (non-hydrogen) atoms. The van der Waals surface area contributed by atoms with Crippen LogP contribution in [-0.2, 0) is 10.0 Å². The van der Waals surface area contributed by atoms with Gasteiger partial charge in [0.2, 0.25) is 0 Å². The molecule has 0 aliphatic carbocycles. The van der Waals surface area contributed by atoms with Crippen molar-refractivity contribution < 1.29 is 17.9 Å². The molecular formula is C15H13Cl2NO4S. The Kier molecular flexibility index (Phi) is 4.31. The average Bonchev–Trinajstić information content (AvgIpc) is 2.47. The van der Waals surface area contributed by atoms with E-state index >= 15 is 0 Å². The third-order valence-electron chi connectivity index (χ3n) is 3.25. The second-order valence-corrected chi connectivity index (χ2v) is 7.48. The van der Waals surface area contributed by atoms with Gasteiger partial charge in [-0.15, -0.1) is 0 Å². The van der Waals surface area contributed by atoms with Gasteiger partial charge in [-0.3, -0.25) is 4.72 Å². The van der Waals surface area contributed by atoms with Crippen LogP contribution in [0.15, 0.2) is 35.2 Å². The topological polar surface area (TPSA) is 64.6 Å². The second-order valence-electron chi connectivity index (χ2n) is 5.02. The third kappa shape index (κ3) is 3.34. The Hall–Kier alpha value is -1.63. The predicted molar refractivity (Wildman–Crippen MR) is 89.4 cm³/mol. The number of nitrogens with one attached hydrogen (secondary N) is 1. The van der Waals surface area contributed by atoms with Crippen LogP contribution >= 0.6 is 23.2 Å². The Balaban J connectivity index is 1.97. The molecule has 5 nitrogen and oxygen atoms in total. The smallest absolute Gasteiger partial charge is 0.263 e. The van der Waals surface area contributed by atoms with Crippen LogP contribution in [0.3, 0.4) is 0 Å². The summed E-state index contributed by atoms with van der Waals surface area (Å²) in [6.45, 7) is 2.64. The van der Waals surface area contributed by atoms with E-state index in [2.05, 4.69) is 4.72 Å². The van der Waals surface area contributed by atoms with Crippen molar-refractivity contribution in [3.63, 3.8) is 0 Å². The quantitative estimate of drug-likeness (QED) is 0.886. The maximum Gasteiger partial charge on any atom is 0.263 e. The fourth-order valence-corrected chi connectivity index (χ4v) is 4.09. The number of hydrogen-bond acceptors (Lipinski definition) is 4. The van der Waals surface area contributed by atoms with E-state index < -0.39 is 10.0 Å². The van der Waals surface area contributed by atoms with E-state index in [1.165, 1.54) is 18.2 Å². The van der Waals surface area contributed by atoms with Gasteiger partial charge in [0.25, 0.3) is 10.0 Å². The fourth-order valence-electron chi connectivity index (χ4n) is 2.17. The van der Waals surface area contributed by atoms with Crippen molar-refractivity contribution in [1.82, 2.24) is 0 Å². The molecule has 1 aliphatic heterocycles. The lowest BCUT2D eigenvalue weighted by atomic mass is 10.2. The summed E-state index contributed by atoms with van der Waals surface area (Å²) in [5.74, 6) is 0.922. The first kappa shape index (κ1) is 16.2. The van der Waals surface area contributed by atoms with E-state index in [0.717, 1.165) is 5.56 Å². The van der Waals surface area contributed by atoms with E-state index in [1.807, 2.05) is 6.92 Å². The van der Waals surface area contributed by atoms with Gasteiger partial charge in [0.15, 0.2) is 11.5 Å². The zero-order valence-corrected chi connectivity index (χ0v) is 14.4. The average molecular weight is 374 g/mol. The lowest BCUT2D eigenvalue weighted by Gasteiger charge is -2.20. The van der Waals surface area contributed by atoms with Crippen LogP contribution in [0, 0.1) is 6.92 Å². The molecule has 0 atom stereocenters. The van der Waals surface area contributed by atoms with Gasteiger partial charge < -0.3 is 9.47 Å². The number of benzene rings is 2. The molecular weight excluding hydrogens is 361 g/mol. The van der Waals surface area contributed by atoms with Gasteiger partial charge in [0.1, 0.15) is 18.1 Å². The molecule has 0 unspecified atom stereocenters. The van der Waals surface area contributed by atoms with Crippen molar-refractivity contribution in [3.05, 3.63) is 45.9 Å². The first-order chi connectivity index (χ1) is 10.9. The summed E-state index contributed by atoms with van der Waals surface area (Å²) in [6, 6.07) is 7.72. The Morgan fingerprint density at radius 1 is 1.00 bits per heavy atom. The molecule has 2 aromatic rings. The number of fused-ring (bicyclic) bond motifs is 1. The van der Waals surface area contributed by atoms with E-state index in [1.54, 1.807) is 12.1 Å². The van der Waals surface area contributed by atoms with Gasteiger partial charge >= 0.3 is 0 Å². The monoisotopic (exact) mass is 373 g/mol. The van der Waals surface area contributed by atoms with Gasteiger partial charge in [-0.25, -0.2) is 8.42 Å². The van der Waals surface area contributed by atoms with Crippen molar-refractivity contribution in [2.45, 2.75) is 11.8 Å². The van der Waals surface area contributed by atoms with Crippen LogP contribution in [-0.4, -0.2) is 21.6 Å². The largest absolute Gasteiger partial charge is 0.486 e. The number of aryl methyl sites for hydroxylation is 1. The highest BCUT2D eigenvalue weighted by molar-refractivity contribution is 7.92. The zero-order valence-electron chi connectivity index (χ0n) is 12.1. The maximum atomic E-state index is 12.5. The summed E-state index contributed by atoms with van der Waals surface area (Å²) in [6.07, 6.45) is 0. The van der Waals surface area contributed by atoms with Crippen LogP contribution < -0.4 is 14.2 Å². The summed E-state index contributed by atoms with van der Waals surface area (Å²) in [4.78, 5) is -0.0178. The van der Waals surface area contributed by atoms with E-state index in [0.29, 0.717) is 24.7 Å². The minimum absolute atomic E-state index is 0.0178. The van der Waals surface area contributed by atoms with Gasteiger partial charge in [-0.1, -0.05) is 29.3 Å². The molecule has 0 fully saturated rings. The molecule has 1 heterocycles. The van der Waals surface area contributed by atoms with E-state index in [9.17, 15) is 8.42 Å². The fraction of sp³-hybridized carbons (Fsp3) is 0.200. The summed E-state index contributed by atoms with van der Waals surface area (Å²) in [5, 5.41) is 0.354. The van der Waals surface area contributed by atoms with Crippen LogP contribution in [0.2, 0.25) is 10.0 Å². The standard InChI is InChI=1S/C15H13Cl2NO4S/c1-9-2-3-15(11(17)6-9)23(19,20)18-12-8-14-13(7-10(12)16)21-4-5-22-14/h2-3,6-8,18H,4-5H2,1H3. The molecule has 3 rings (SSSR count). The van der Waals surface area contributed by atoms with Gasteiger partial charge in [0, 0.05) is 12.1 Å². The first-order valence-corrected chi connectivity index (χ1v) is 8.99. The van der Waals surface area contributed by atoms with Crippen molar-refractivity contribution in [2.24, 2.45) is 0 Å². The molecule has 1 N–H and O–H groups in total. The molecule has 122 valence electrons. The van der Waals surface area contributed by atoms with Crippen LogP contribution in [0.25, 0.3) is 0 Å². The molecule has 0 aromatic heterocycles. The van der Waals surface area contributed by atoms with Crippen LogP contribution in [0.4, 0.5) is 5.69 Å². The highest BCUT2D eigenvalue weighted by Gasteiger charge is 2.22. The van der Waals surface area contributed by atoms with Crippen molar-refractivity contribution in [1.29, 1.82) is 0 Å². The molecule has 0 spiro atoms. The number of rotatable bonds is 3. The molecule has 2 aromatic carbocycles. The summed E-state index contributed by atoms with van der Waals surface area (Å²) < 4.78 is 38.3. The third-order valence-corrected chi connectivity index (χ3v) is 5.41.